The number of amides is 1. The van der Waals surface area contributed by atoms with Crippen LogP contribution in [0, 0.1) is 11.6 Å². The number of carbonyl (C=O) groups excluding carboxylic acids is 1. The number of halogens is 2. The molecule has 1 saturated heterocycles. The van der Waals surface area contributed by atoms with Crippen molar-refractivity contribution in [3.8, 4) is 0 Å². The minimum Gasteiger partial charge on any atom is -0.394 e. The molecule has 1 aromatic carbocycles. The van der Waals surface area contributed by atoms with Gasteiger partial charge >= 0.3 is 0 Å². The van der Waals surface area contributed by atoms with Gasteiger partial charge in [-0.25, -0.2) is 13.8 Å². The van der Waals surface area contributed by atoms with E-state index in [0.29, 0.717) is 17.9 Å². The molecule has 1 aliphatic rings. The second-order valence-corrected chi connectivity index (χ2v) is 6.02. The van der Waals surface area contributed by atoms with Crippen LogP contribution in [-0.4, -0.2) is 40.1 Å². The fraction of sp³-hybridized carbons (Fsp3) is 0.333. The molecule has 0 bridgehead atoms. The molecule has 2 heterocycles. The molecule has 25 heavy (non-hydrogen) atoms. The van der Waals surface area contributed by atoms with Crippen molar-refractivity contribution in [1.82, 2.24) is 9.88 Å². The van der Waals surface area contributed by atoms with Gasteiger partial charge in [-0.05, 0) is 42.7 Å². The van der Waals surface area contributed by atoms with Gasteiger partial charge in [0, 0.05) is 19.2 Å². The van der Waals surface area contributed by atoms with Crippen molar-refractivity contribution >= 4 is 11.7 Å². The number of rotatable bonds is 5. The highest BCUT2D eigenvalue weighted by Gasteiger charge is 2.29. The Hall–Kier alpha value is -2.54. The van der Waals surface area contributed by atoms with Crippen LogP contribution in [0.5, 0.6) is 0 Å². The Morgan fingerprint density at radius 2 is 2.04 bits per heavy atom. The van der Waals surface area contributed by atoms with Crippen molar-refractivity contribution < 1.29 is 18.7 Å². The molecular weight excluding hydrogens is 328 g/mol. The summed E-state index contributed by atoms with van der Waals surface area (Å²) in [6.45, 7) is 0.725. The van der Waals surface area contributed by atoms with Crippen LogP contribution in [-0.2, 0) is 6.54 Å². The van der Waals surface area contributed by atoms with Crippen LogP contribution in [0.25, 0.3) is 0 Å². The quantitative estimate of drug-likeness (QED) is 0.872. The lowest BCUT2D eigenvalue weighted by Crippen LogP contribution is -2.38. The topological polar surface area (TPSA) is 65.5 Å². The summed E-state index contributed by atoms with van der Waals surface area (Å²) in [6.07, 6.45) is 1.64. The zero-order valence-electron chi connectivity index (χ0n) is 13.6. The fourth-order valence-corrected chi connectivity index (χ4v) is 3.00. The SMILES string of the molecule is O=C(c1cccc(NCc2cc(F)cc(F)c2)n1)N1CCC[C@@H]1CO. The Bertz CT molecular complexity index is 749. The van der Waals surface area contributed by atoms with Crippen LogP contribution in [0.2, 0.25) is 0 Å². The van der Waals surface area contributed by atoms with Gasteiger partial charge in [0.1, 0.15) is 23.1 Å². The van der Waals surface area contributed by atoms with E-state index < -0.39 is 11.6 Å². The van der Waals surface area contributed by atoms with Gasteiger partial charge in [0.25, 0.3) is 5.91 Å². The molecule has 0 radical (unpaired) electrons. The number of nitrogens with zero attached hydrogens (tertiary/aromatic N) is 2. The Morgan fingerprint density at radius 3 is 2.76 bits per heavy atom. The van der Waals surface area contributed by atoms with Crippen molar-refractivity contribution in [2.75, 3.05) is 18.5 Å². The highest BCUT2D eigenvalue weighted by molar-refractivity contribution is 5.93. The van der Waals surface area contributed by atoms with E-state index in [2.05, 4.69) is 10.3 Å². The van der Waals surface area contributed by atoms with E-state index in [-0.39, 0.29) is 30.8 Å². The van der Waals surface area contributed by atoms with Crippen LogP contribution in [0.1, 0.15) is 28.9 Å². The number of carbonyl (C=O) groups is 1. The Kier molecular flexibility index (Phi) is 5.23. The molecule has 0 saturated carbocycles. The molecule has 7 heteroatoms. The summed E-state index contributed by atoms with van der Waals surface area (Å²) >= 11 is 0. The van der Waals surface area contributed by atoms with Crippen LogP contribution >= 0.6 is 0 Å². The number of anilines is 1. The summed E-state index contributed by atoms with van der Waals surface area (Å²) < 4.78 is 26.4. The number of aromatic nitrogens is 1. The third-order valence-electron chi connectivity index (χ3n) is 4.21. The lowest BCUT2D eigenvalue weighted by atomic mass is 10.2. The van der Waals surface area contributed by atoms with E-state index in [9.17, 15) is 18.7 Å². The van der Waals surface area contributed by atoms with E-state index in [0.717, 1.165) is 18.9 Å². The maximum atomic E-state index is 13.2. The molecule has 132 valence electrons. The maximum Gasteiger partial charge on any atom is 0.272 e. The first-order valence-corrected chi connectivity index (χ1v) is 8.14. The lowest BCUT2D eigenvalue weighted by molar-refractivity contribution is 0.0672. The molecule has 1 aromatic heterocycles. The van der Waals surface area contributed by atoms with Gasteiger partial charge in [0.05, 0.1) is 12.6 Å². The maximum absolute atomic E-state index is 13.2. The third kappa shape index (κ3) is 4.11. The van der Waals surface area contributed by atoms with Crippen LogP contribution < -0.4 is 5.32 Å². The monoisotopic (exact) mass is 347 g/mol. The van der Waals surface area contributed by atoms with Gasteiger partial charge in [-0.15, -0.1) is 0 Å². The predicted molar refractivity (Wildman–Crippen MR) is 89.1 cm³/mol. The summed E-state index contributed by atoms with van der Waals surface area (Å²) in [5.41, 5.74) is 0.715. The molecule has 0 unspecified atom stereocenters. The molecule has 2 aromatic rings. The smallest absolute Gasteiger partial charge is 0.272 e. The molecule has 3 rings (SSSR count). The number of aliphatic hydroxyl groups is 1. The summed E-state index contributed by atoms with van der Waals surface area (Å²) in [6, 6.07) is 8.11. The number of benzene rings is 1. The van der Waals surface area contributed by atoms with E-state index >= 15 is 0 Å². The van der Waals surface area contributed by atoms with E-state index in [1.807, 2.05) is 0 Å². The largest absolute Gasteiger partial charge is 0.394 e. The van der Waals surface area contributed by atoms with E-state index in [4.69, 9.17) is 0 Å². The van der Waals surface area contributed by atoms with E-state index in [1.165, 1.54) is 12.1 Å². The average Bonchev–Trinajstić information content (AvgIpc) is 3.07. The van der Waals surface area contributed by atoms with Crippen LogP contribution in [0.15, 0.2) is 36.4 Å². The third-order valence-corrected chi connectivity index (χ3v) is 4.21. The van der Waals surface area contributed by atoms with Crippen molar-refractivity contribution in [3.05, 3.63) is 59.3 Å². The van der Waals surface area contributed by atoms with Crippen molar-refractivity contribution in [3.63, 3.8) is 0 Å². The minimum absolute atomic E-state index is 0.0607. The molecule has 1 amide bonds. The molecule has 5 nitrogen and oxygen atoms in total. The number of nitrogens with one attached hydrogen (secondary N) is 1. The normalized spacial score (nSPS) is 16.9. The molecule has 1 atom stereocenters. The highest BCUT2D eigenvalue weighted by Crippen LogP contribution is 2.20. The molecule has 0 spiro atoms. The summed E-state index contributed by atoms with van der Waals surface area (Å²) in [5.74, 6) is -1.07. The second-order valence-electron chi connectivity index (χ2n) is 6.02. The van der Waals surface area contributed by atoms with Gasteiger partial charge in [-0.2, -0.15) is 0 Å². The molecule has 2 N–H and O–H groups in total. The summed E-state index contributed by atoms with van der Waals surface area (Å²) in [5, 5.41) is 12.3. The number of likely N-dealkylation sites (tertiary alicyclic amines) is 1. The Morgan fingerprint density at radius 1 is 1.28 bits per heavy atom. The summed E-state index contributed by atoms with van der Waals surface area (Å²) in [4.78, 5) is 18.5. The number of hydrogen-bond donors (Lipinski definition) is 2. The van der Waals surface area contributed by atoms with Gasteiger partial charge in [-0.3, -0.25) is 4.79 Å². The fourth-order valence-electron chi connectivity index (χ4n) is 3.00. The standard InChI is InChI=1S/C18H19F2N3O2/c19-13-7-12(8-14(20)9-13)10-21-17-5-1-4-16(22-17)18(25)23-6-2-3-15(23)11-24/h1,4-5,7-9,15,24H,2-3,6,10-11H2,(H,21,22)/t15-/m1/s1. The van der Waals surface area contributed by atoms with Gasteiger partial charge < -0.3 is 15.3 Å². The first-order valence-electron chi connectivity index (χ1n) is 8.14. The van der Waals surface area contributed by atoms with Crippen molar-refractivity contribution in [1.29, 1.82) is 0 Å². The van der Waals surface area contributed by atoms with E-state index in [1.54, 1.807) is 23.1 Å². The number of hydrogen-bond acceptors (Lipinski definition) is 4. The molecule has 1 fully saturated rings. The molecule has 0 aliphatic carbocycles. The van der Waals surface area contributed by atoms with Gasteiger partial charge in [0.15, 0.2) is 0 Å². The Labute approximate surface area is 144 Å². The van der Waals surface area contributed by atoms with Crippen molar-refractivity contribution in [2.45, 2.75) is 25.4 Å². The Balaban J connectivity index is 1.70. The summed E-state index contributed by atoms with van der Waals surface area (Å²) in [7, 11) is 0. The minimum atomic E-state index is -0.641. The lowest BCUT2D eigenvalue weighted by Gasteiger charge is -2.22. The zero-order valence-corrected chi connectivity index (χ0v) is 13.6. The molecular formula is C18H19F2N3O2. The van der Waals surface area contributed by atoms with Crippen LogP contribution in [0.3, 0.4) is 0 Å². The van der Waals surface area contributed by atoms with Crippen molar-refractivity contribution in [2.24, 2.45) is 0 Å². The number of pyridine rings is 1. The number of aliphatic hydroxyl groups excluding tert-OH is 1. The average molecular weight is 347 g/mol. The first-order chi connectivity index (χ1) is 12.1. The van der Waals surface area contributed by atoms with Gasteiger partial charge in [0.2, 0.25) is 0 Å². The highest BCUT2D eigenvalue weighted by atomic mass is 19.1. The first kappa shape index (κ1) is 17.3. The predicted octanol–water partition coefficient (Wildman–Crippen LogP) is 2.57. The van der Waals surface area contributed by atoms with Gasteiger partial charge in [-0.1, -0.05) is 6.07 Å². The second kappa shape index (κ2) is 7.57. The van der Waals surface area contributed by atoms with Crippen LogP contribution in [0.4, 0.5) is 14.6 Å². The molecule has 1 aliphatic heterocycles. The zero-order chi connectivity index (χ0) is 17.8.